The largest absolute Gasteiger partial charge is 0.324 e. The molecule has 0 aliphatic carbocycles. The first-order valence-corrected chi connectivity index (χ1v) is 9.84. The summed E-state index contributed by atoms with van der Waals surface area (Å²) < 4.78 is 28.0. The molecule has 0 aromatic heterocycles. The molecule has 0 fully saturated rings. The van der Waals surface area contributed by atoms with E-state index in [-0.39, 0.29) is 16.1 Å². The Morgan fingerprint density at radius 1 is 1.12 bits per heavy atom. The number of rotatable bonds is 3. The Morgan fingerprint density at radius 2 is 1.88 bits per heavy atom. The molecule has 1 atom stereocenters. The normalized spacial score (nSPS) is 17.1. The van der Waals surface area contributed by atoms with Gasteiger partial charge in [0.1, 0.15) is 0 Å². The van der Waals surface area contributed by atoms with Crippen LogP contribution in [-0.2, 0) is 14.8 Å². The highest BCUT2D eigenvalue weighted by Gasteiger charge is 2.25. The van der Waals surface area contributed by atoms with Gasteiger partial charge < -0.3 is 5.32 Å². The zero-order valence-corrected chi connectivity index (χ0v) is 15.2. The molecule has 0 saturated carbocycles. The molecule has 24 heavy (non-hydrogen) atoms. The zero-order valence-electron chi connectivity index (χ0n) is 13.6. The lowest BCUT2D eigenvalue weighted by molar-refractivity contribution is -0.115. The molecular formula is C17H18N2O3S2. The Hall–Kier alpha value is -1.99. The van der Waals surface area contributed by atoms with Crippen molar-refractivity contribution in [3.8, 4) is 0 Å². The average molecular weight is 362 g/mol. The number of carbonyl (C=O) groups excluding carboxylic acids is 1. The molecule has 0 unspecified atom stereocenters. The van der Waals surface area contributed by atoms with Crippen molar-refractivity contribution in [1.82, 2.24) is 0 Å². The summed E-state index contributed by atoms with van der Waals surface area (Å²) in [7, 11) is -3.73. The molecule has 2 aromatic rings. The number of benzene rings is 2. The Morgan fingerprint density at radius 3 is 2.62 bits per heavy atom. The third-order valence-corrected chi connectivity index (χ3v) is 6.37. The maximum atomic E-state index is 12.7. The summed E-state index contributed by atoms with van der Waals surface area (Å²) in [5, 5.41) is 2.57. The number of thioether (sulfide) groups is 1. The summed E-state index contributed by atoms with van der Waals surface area (Å²) >= 11 is 1.42. The Balaban J connectivity index is 1.95. The van der Waals surface area contributed by atoms with Gasteiger partial charge in [0, 0.05) is 4.90 Å². The lowest BCUT2D eigenvalue weighted by Gasteiger charge is -2.22. The van der Waals surface area contributed by atoms with Crippen LogP contribution in [0.4, 0.5) is 11.4 Å². The summed E-state index contributed by atoms with van der Waals surface area (Å²) in [5.41, 5.74) is 2.91. The molecule has 2 aromatic carbocycles. The van der Waals surface area contributed by atoms with Gasteiger partial charge >= 0.3 is 0 Å². The SMILES string of the molecule is Cc1ccc(C)c(NS(=O)(=O)c2ccc3c(c2)NC(=O)[C@H](C)S3)c1. The second kappa shape index (κ2) is 6.14. The zero-order chi connectivity index (χ0) is 17.5. The molecule has 3 rings (SSSR count). The van der Waals surface area contributed by atoms with Crippen LogP contribution in [0.2, 0.25) is 0 Å². The minimum atomic E-state index is -3.73. The maximum Gasteiger partial charge on any atom is 0.261 e. The summed E-state index contributed by atoms with van der Waals surface area (Å²) in [4.78, 5) is 12.8. The molecule has 1 amide bonds. The number of aryl methyl sites for hydroxylation is 2. The number of anilines is 2. The first-order valence-electron chi connectivity index (χ1n) is 7.48. The van der Waals surface area contributed by atoms with Gasteiger partial charge in [-0.2, -0.15) is 0 Å². The molecule has 7 heteroatoms. The fourth-order valence-electron chi connectivity index (χ4n) is 2.40. The molecular weight excluding hydrogens is 344 g/mol. The van der Waals surface area contributed by atoms with Crippen LogP contribution in [0.5, 0.6) is 0 Å². The highest BCUT2D eigenvalue weighted by Crippen LogP contribution is 2.37. The highest BCUT2D eigenvalue weighted by atomic mass is 32.2. The predicted octanol–water partition coefficient (Wildman–Crippen LogP) is 3.54. The van der Waals surface area contributed by atoms with Gasteiger partial charge in [-0.3, -0.25) is 9.52 Å². The van der Waals surface area contributed by atoms with Crippen LogP contribution in [0.3, 0.4) is 0 Å². The van der Waals surface area contributed by atoms with Gasteiger partial charge in [-0.05, 0) is 56.2 Å². The highest BCUT2D eigenvalue weighted by molar-refractivity contribution is 8.01. The van der Waals surface area contributed by atoms with Crippen LogP contribution in [-0.4, -0.2) is 19.6 Å². The molecule has 2 N–H and O–H groups in total. The van der Waals surface area contributed by atoms with Crippen molar-refractivity contribution in [1.29, 1.82) is 0 Å². The van der Waals surface area contributed by atoms with E-state index in [1.807, 2.05) is 32.9 Å². The van der Waals surface area contributed by atoms with E-state index in [1.165, 1.54) is 17.8 Å². The number of carbonyl (C=O) groups is 1. The number of sulfonamides is 1. The third-order valence-electron chi connectivity index (χ3n) is 3.83. The van der Waals surface area contributed by atoms with Crippen LogP contribution in [0, 0.1) is 13.8 Å². The quantitative estimate of drug-likeness (QED) is 0.876. The Bertz CT molecular complexity index is 923. The topological polar surface area (TPSA) is 75.3 Å². The van der Waals surface area contributed by atoms with Crippen molar-refractivity contribution in [2.75, 3.05) is 10.0 Å². The van der Waals surface area contributed by atoms with Crippen LogP contribution >= 0.6 is 11.8 Å². The second-order valence-corrected chi connectivity index (χ2v) is 8.90. The van der Waals surface area contributed by atoms with E-state index in [0.29, 0.717) is 11.4 Å². The average Bonchev–Trinajstić information content (AvgIpc) is 2.51. The lowest BCUT2D eigenvalue weighted by atomic mass is 10.1. The lowest BCUT2D eigenvalue weighted by Crippen LogP contribution is -2.26. The minimum Gasteiger partial charge on any atom is -0.324 e. The smallest absolute Gasteiger partial charge is 0.261 e. The van der Waals surface area contributed by atoms with Crippen LogP contribution in [0.1, 0.15) is 18.1 Å². The third kappa shape index (κ3) is 3.27. The molecule has 1 aliphatic rings. The van der Waals surface area contributed by atoms with Crippen LogP contribution in [0.25, 0.3) is 0 Å². The summed E-state index contributed by atoms with van der Waals surface area (Å²) in [6.07, 6.45) is 0. The Labute approximate surface area is 145 Å². The molecule has 5 nitrogen and oxygen atoms in total. The number of hydrogen-bond donors (Lipinski definition) is 2. The van der Waals surface area contributed by atoms with Gasteiger partial charge in [0.25, 0.3) is 10.0 Å². The number of fused-ring (bicyclic) bond motifs is 1. The van der Waals surface area contributed by atoms with Gasteiger partial charge in [-0.25, -0.2) is 8.42 Å². The number of hydrogen-bond acceptors (Lipinski definition) is 4. The summed E-state index contributed by atoms with van der Waals surface area (Å²) in [5.74, 6) is -0.121. The van der Waals surface area contributed by atoms with Crippen molar-refractivity contribution < 1.29 is 13.2 Å². The van der Waals surface area contributed by atoms with Crippen molar-refractivity contribution >= 4 is 39.1 Å². The summed E-state index contributed by atoms with van der Waals surface area (Å²) in [6, 6.07) is 10.4. The maximum absolute atomic E-state index is 12.7. The Kier molecular flexibility index (Phi) is 4.31. The van der Waals surface area contributed by atoms with Crippen molar-refractivity contribution in [2.45, 2.75) is 35.8 Å². The van der Waals surface area contributed by atoms with Gasteiger partial charge in [-0.15, -0.1) is 11.8 Å². The minimum absolute atomic E-state index is 0.121. The monoisotopic (exact) mass is 362 g/mol. The van der Waals surface area contributed by atoms with Gasteiger partial charge in [-0.1, -0.05) is 12.1 Å². The molecule has 0 bridgehead atoms. The first kappa shape index (κ1) is 16.9. The van der Waals surface area contributed by atoms with E-state index in [2.05, 4.69) is 10.0 Å². The van der Waals surface area contributed by atoms with E-state index in [1.54, 1.807) is 18.2 Å². The van der Waals surface area contributed by atoms with Gasteiger partial charge in [0.2, 0.25) is 5.91 Å². The van der Waals surface area contributed by atoms with Crippen LogP contribution < -0.4 is 10.0 Å². The molecule has 0 spiro atoms. The van der Waals surface area contributed by atoms with Crippen LogP contribution in [0.15, 0.2) is 46.2 Å². The molecule has 0 radical (unpaired) electrons. The van der Waals surface area contributed by atoms with E-state index >= 15 is 0 Å². The fraction of sp³-hybridized carbons (Fsp3) is 0.235. The van der Waals surface area contributed by atoms with Crippen molar-refractivity contribution in [3.05, 3.63) is 47.5 Å². The summed E-state index contributed by atoms with van der Waals surface area (Å²) in [6.45, 7) is 5.57. The number of nitrogens with one attached hydrogen (secondary N) is 2. The van der Waals surface area contributed by atoms with E-state index in [0.717, 1.165) is 16.0 Å². The van der Waals surface area contributed by atoms with E-state index in [4.69, 9.17) is 0 Å². The van der Waals surface area contributed by atoms with Crippen molar-refractivity contribution in [3.63, 3.8) is 0 Å². The van der Waals surface area contributed by atoms with Gasteiger partial charge in [0.15, 0.2) is 0 Å². The molecule has 1 heterocycles. The fourth-order valence-corrected chi connectivity index (χ4v) is 4.48. The van der Waals surface area contributed by atoms with E-state index in [9.17, 15) is 13.2 Å². The molecule has 126 valence electrons. The molecule has 0 saturated heterocycles. The number of amides is 1. The van der Waals surface area contributed by atoms with Crippen molar-refractivity contribution in [2.24, 2.45) is 0 Å². The van der Waals surface area contributed by atoms with E-state index < -0.39 is 10.0 Å². The predicted molar refractivity (Wildman–Crippen MR) is 97.1 cm³/mol. The standard InChI is InChI=1S/C17H18N2O3S2/c1-10-4-5-11(2)14(8-10)19-24(21,22)13-6-7-16-15(9-13)18-17(20)12(3)23-16/h4-9,12,19H,1-3H3,(H,18,20)/t12-/m0/s1. The first-order chi connectivity index (χ1) is 11.3. The second-order valence-electron chi connectivity index (χ2n) is 5.83. The molecule has 1 aliphatic heterocycles. The van der Waals surface area contributed by atoms with Gasteiger partial charge in [0.05, 0.1) is 21.5 Å².